The lowest BCUT2D eigenvalue weighted by atomic mass is 10.1. The molecule has 19 heavy (non-hydrogen) atoms. The molecule has 2 aromatic rings. The minimum atomic E-state index is -0.0772. The zero-order chi connectivity index (χ0) is 13.8. The van der Waals surface area contributed by atoms with Gasteiger partial charge in [0.2, 0.25) is 0 Å². The van der Waals surface area contributed by atoms with Crippen LogP contribution in [0.4, 0.5) is 0 Å². The highest BCUT2D eigenvalue weighted by atomic mass is 15.3. The molecule has 0 saturated heterocycles. The van der Waals surface area contributed by atoms with E-state index in [1.54, 1.807) is 0 Å². The van der Waals surface area contributed by atoms with Crippen LogP contribution < -0.4 is 5.73 Å². The van der Waals surface area contributed by atoms with Crippen LogP contribution in [0.3, 0.4) is 0 Å². The van der Waals surface area contributed by atoms with Gasteiger partial charge in [0.25, 0.3) is 0 Å². The van der Waals surface area contributed by atoms with E-state index >= 15 is 0 Å². The van der Waals surface area contributed by atoms with E-state index in [4.69, 9.17) is 5.73 Å². The van der Waals surface area contributed by atoms with E-state index in [2.05, 4.69) is 43.0 Å². The second kappa shape index (κ2) is 5.97. The predicted molar refractivity (Wildman–Crippen MR) is 76.9 cm³/mol. The average Bonchev–Trinajstić information content (AvgIpc) is 2.81. The standard InChI is InChI=1S/C15H22N4/c1-4-12-9-13(19(5-2)18-12)10-14(16)15-8-11(3)6-7-17-15/h6-9,14H,4-5,10,16H2,1-3H3. The summed E-state index contributed by atoms with van der Waals surface area (Å²) in [4.78, 5) is 4.36. The van der Waals surface area contributed by atoms with Gasteiger partial charge in [-0.1, -0.05) is 6.92 Å². The van der Waals surface area contributed by atoms with Gasteiger partial charge in [-0.25, -0.2) is 0 Å². The fraction of sp³-hybridized carbons (Fsp3) is 0.467. The summed E-state index contributed by atoms with van der Waals surface area (Å²) in [5.41, 5.74) is 10.7. The molecule has 2 rings (SSSR count). The number of nitrogens with zero attached hydrogens (tertiary/aromatic N) is 3. The lowest BCUT2D eigenvalue weighted by Gasteiger charge is -2.12. The van der Waals surface area contributed by atoms with Crippen LogP contribution in [0.25, 0.3) is 0 Å². The first-order valence-corrected chi connectivity index (χ1v) is 6.87. The smallest absolute Gasteiger partial charge is 0.0624 e. The van der Waals surface area contributed by atoms with Crippen molar-refractivity contribution in [3.8, 4) is 0 Å². The Morgan fingerprint density at radius 3 is 2.74 bits per heavy atom. The van der Waals surface area contributed by atoms with Gasteiger partial charge in [-0.15, -0.1) is 0 Å². The van der Waals surface area contributed by atoms with Crippen molar-refractivity contribution >= 4 is 0 Å². The van der Waals surface area contributed by atoms with Gasteiger partial charge in [-0.05, 0) is 44.0 Å². The number of pyridine rings is 1. The number of aromatic nitrogens is 3. The van der Waals surface area contributed by atoms with Crippen LogP contribution in [-0.4, -0.2) is 14.8 Å². The maximum absolute atomic E-state index is 6.27. The van der Waals surface area contributed by atoms with E-state index < -0.39 is 0 Å². The van der Waals surface area contributed by atoms with E-state index in [9.17, 15) is 0 Å². The molecule has 2 heterocycles. The molecule has 102 valence electrons. The molecular weight excluding hydrogens is 236 g/mol. The molecule has 0 aromatic carbocycles. The third kappa shape index (κ3) is 3.20. The Bertz CT molecular complexity index is 545. The minimum Gasteiger partial charge on any atom is -0.322 e. The lowest BCUT2D eigenvalue weighted by molar-refractivity contribution is 0.580. The fourth-order valence-electron chi connectivity index (χ4n) is 2.22. The molecule has 2 N–H and O–H groups in total. The summed E-state index contributed by atoms with van der Waals surface area (Å²) >= 11 is 0. The normalized spacial score (nSPS) is 12.6. The molecule has 0 aliphatic heterocycles. The average molecular weight is 258 g/mol. The van der Waals surface area contributed by atoms with Gasteiger partial charge in [0.05, 0.1) is 17.4 Å². The predicted octanol–water partition coefficient (Wildman–Crippen LogP) is 2.41. The highest BCUT2D eigenvalue weighted by Gasteiger charge is 2.13. The summed E-state index contributed by atoms with van der Waals surface area (Å²) in [6, 6.07) is 6.12. The quantitative estimate of drug-likeness (QED) is 0.896. The molecule has 4 nitrogen and oxygen atoms in total. The Hall–Kier alpha value is -1.68. The molecule has 1 atom stereocenters. The molecule has 0 bridgehead atoms. The summed E-state index contributed by atoms with van der Waals surface area (Å²) in [5.74, 6) is 0. The largest absolute Gasteiger partial charge is 0.322 e. The van der Waals surface area contributed by atoms with Crippen LogP contribution in [0.15, 0.2) is 24.4 Å². The summed E-state index contributed by atoms with van der Waals surface area (Å²) < 4.78 is 2.04. The van der Waals surface area contributed by atoms with Gasteiger partial charge in [-0.3, -0.25) is 9.67 Å². The van der Waals surface area contributed by atoms with Crippen LogP contribution in [-0.2, 0) is 19.4 Å². The van der Waals surface area contributed by atoms with Gasteiger partial charge < -0.3 is 5.73 Å². The lowest BCUT2D eigenvalue weighted by Crippen LogP contribution is -2.17. The summed E-state index contributed by atoms with van der Waals surface area (Å²) in [6.07, 6.45) is 3.55. The molecule has 2 aromatic heterocycles. The fourth-order valence-corrected chi connectivity index (χ4v) is 2.22. The number of aryl methyl sites for hydroxylation is 3. The van der Waals surface area contributed by atoms with E-state index in [0.29, 0.717) is 0 Å². The van der Waals surface area contributed by atoms with Gasteiger partial charge in [0.1, 0.15) is 0 Å². The molecule has 0 amide bonds. The molecular formula is C15H22N4. The van der Waals surface area contributed by atoms with Crippen LogP contribution >= 0.6 is 0 Å². The number of nitrogens with two attached hydrogens (primary N) is 1. The zero-order valence-electron chi connectivity index (χ0n) is 11.9. The molecule has 0 fully saturated rings. The Balaban J connectivity index is 2.18. The second-order valence-electron chi connectivity index (χ2n) is 4.87. The number of rotatable bonds is 5. The first-order chi connectivity index (χ1) is 9.13. The zero-order valence-corrected chi connectivity index (χ0v) is 11.9. The minimum absolute atomic E-state index is 0.0772. The molecule has 0 aliphatic rings. The topological polar surface area (TPSA) is 56.7 Å². The first kappa shape index (κ1) is 13.7. The van der Waals surface area contributed by atoms with Gasteiger partial charge >= 0.3 is 0 Å². The molecule has 0 radical (unpaired) electrons. The van der Waals surface area contributed by atoms with E-state index in [-0.39, 0.29) is 6.04 Å². The SMILES string of the molecule is CCc1cc(CC(N)c2cc(C)ccn2)n(CC)n1. The number of hydrogen-bond acceptors (Lipinski definition) is 3. The maximum atomic E-state index is 6.27. The second-order valence-corrected chi connectivity index (χ2v) is 4.87. The highest BCUT2D eigenvalue weighted by Crippen LogP contribution is 2.16. The van der Waals surface area contributed by atoms with Crippen molar-refractivity contribution in [2.45, 2.75) is 46.2 Å². The van der Waals surface area contributed by atoms with Crippen molar-refractivity contribution < 1.29 is 0 Å². The van der Waals surface area contributed by atoms with Crippen LogP contribution in [0.2, 0.25) is 0 Å². The van der Waals surface area contributed by atoms with Crippen molar-refractivity contribution in [1.29, 1.82) is 0 Å². The van der Waals surface area contributed by atoms with Crippen LogP contribution in [0.5, 0.6) is 0 Å². The van der Waals surface area contributed by atoms with E-state index in [1.807, 2.05) is 16.9 Å². The van der Waals surface area contributed by atoms with Crippen molar-refractivity contribution in [3.05, 3.63) is 47.0 Å². The van der Waals surface area contributed by atoms with Crippen LogP contribution in [0.1, 0.15) is 42.5 Å². The maximum Gasteiger partial charge on any atom is 0.0624 e. The Kier molecular flexibility index (Phi) is 4.32. The van der Waals surface area contributed by atoms with E-state index in [0.717, 1.165) is 30.8 Å². The molecule has 0 saturated carbocycles. The monoisotopic (exact) mass is 258 g/mol. The molecule has 0 spiro atoms. The van der Waals surface area contributed by atoms with Crippen molar-refractivity contribution in [2.24, 2.45) is 5.73 Å². The Morgan fingerprint density at radius 2 is 2.11 bits per heavy atom. The third-order valence-electron chi connectivity index (χ3n) is 3.32. The number of hydrogen-bond donors (Lipinski definition) is 1. The first-order valence-electron chi connectivity index (χ1n) is 6.87. The third-order valence-corrected chi connectivity index (χ3v) is 3.32. The van der Waals surface area contributed by atoms with Crippen LogP contribution in [0, 0.1) is 6.92 Å². The van der Waals surface area contributed by atoms with Crippen molar-refractivity contribution in [3.63, 3.8) is 0 Å². The van der Waals surface area contributed by atoms with Gasteiger partial charge in [0.15, 0.2) is 0 Å². The molecule has 1 unspecified atom stereocenters. The Labute approximate surface area is 114 Å². The van der Waals surface area contributed by atoms with Crippen molar-refractivity contribution in [1.82, 2.24) is 14.8 Å². The molecule has 4 heteroatoms. The Morgan fingerprint density at radius 1 is 1.32 bits per heavy atom. The van der Waals surface area contributed by atoms with Gasteiger partial charge in [0, 0.05) is 24.9 Å². The van der Waals surface area contributed by atoms with Gasteiger partial charge in [-0.2, -0.15) is 5.10 Å². The summed E-state index contributed by atoms with van der Waals surface area (Å²) in [6.45, 7) is 7.16. The highest BCUT2D eigenvalue weighted by molar-refractivity contribution is 5.20. The van der Waals surface area contributed by atoms with Crippen molar-refractivity contribution in [2.75, 3.05) is 0 Å². The molecule has 0 aliphatic carbocycles. The summed E-state index contributed by atoms with van der Waals surface area (Å²) in [5, 5.41) is 4.55. The van der Waals surface area contributed by atoms with E-state index in [1.165, 1.54) is 11.3 Å². The summed E-state index contributed by atoms with van der Waals surface area (Å²) in [7, 11) is 0.